The maximum Gasteiger partial charge on any atom is 0.345 e. The molecular weight excluding hydrogens is 468 g/mol. The number of nitrogens with one attached hydrogen (secondary N) is 2. The third-order valence-electron chi connectivity index (χ3n) is 6.80. The van der Waals surface area contributed by atoms with Gasteiger partial charge in [-0.25, -0.2) is 4.79 Å². The van der Waals surface area contributed by atoms with Crippen molar-refractivity contribution in [2.45, 2.75) is 44.0 Å². The number of benzene rings is 3. The molecule has 3 atom stereocenters. The molecule has 5 rings (SSSR count). The summed E-state index contributed by atoms with van der Waals surface area (Å²) in [6.07, 6.45) is 1.49. The van der Waals surface area contributed by atoms with Gasteiger partial charge in [0.25, 0.3) is 0 Å². The van der Waals surface area contributed by atoms with Gasteiger partial charge in [0.05, 0.1) is 6.04 Å². The van der Waals surface area contributed by atoms with E-state index in [9.17, 15) is 14.4 Å². The number of para-hydroxylation sites is 1. The Hall–Kier alpha value is -4.17. The molecule has 2 fully saturated rings. The zero-order valence-electron chi connectivity index (χ0n) is 20.5. The van der Waals surface area contributed by atoms with Crippen molar-refractivity contribution in [3.63, 3.8) is 0 Å². The molecule has 0 radical (unpaired) electrons. The van der Waals surface area contributed by atoms with E-state index < -0.39 is 12.1 Å². The zero-order chi connectivity index (χ0) is 25.6. The molecule has 3 aromatic rings. The Bertz CT molecular complexity index is 1220. The molecule has 37 heavy (non-hydrogen) atoms. The molecule has 4 amide bonds. The van der Waals surface area contributed by atoms with Crippen molar-refractivity contribution in [3.8, 4) is 0 Å². The first-order valence-electron chi connectivity index (χ1n) is 12.6. The van der Waals surface area contributed by atoms with Gasteiger partial charge in [-0.3, -0.25) is 14.4 Å². The molecule has 2 bridgehead atoms. The highest BCUT2D eigenvalue weighted by Gasteiger charge is 2.48. The highest BCUT2D eigenvalue weighted by molar-refractivity contribution is 5.98. The van der Waals surface area contributed by atoms with Gasteiger partial charge in [-0.1, -0.05) is 78.9 Å². The minimum Gasteiger partial charge on any atom is -0.342 e. The quantitative estimate of drug-likeness (QED) is 0.470. The molecular formula is C29H30N4O4. The van der Waals surface area contributed by atoms with Crippen LogP contribution in [0, 0.1) is 0 Å². The largest absolute Gasteiger partial charge is 0.345 e. The van der Waals surface area contributed by atoms with Crippen molar-refractivity contribution in [1.82, 2.24) is 15.3 Å². The van der Waals surface area contributed by atoms with Crippen LogP contribution in [0.15, 0.2) is 91.0 Å². The van der Waals surface area contributed by atoms with Crippen molar-refractivity contribution in [3.05, 3.63) is 102 Å². The van der Waals surface area contributed by atoms with E-state index in [1.165, 1.54) is 5.06 Å². The fourth-order valence-corrected chi connectivity index (χ4v) is 4.87. The highest BCUT2D eigenvalue weighted by Crippen LogP contribution is 2.30. The molecule has 0 aromatic heterocycles. The number of fused-ring (bicyclic) bond motifs is 2. The van der Waals surface area contributed by atoms with Crippen LogP contribution in [0.1, 0.15) is 24.0 Å². The van der Waals surface area contributed by atoms with Crippen LogP contribution in [0.3, 0.4) is 0 Å². The number of urea groups is 1. The average molecular weight is 499 g/mol. The van der Waals surface area contributed by atoms with Crippen LogP contribution in [-0.4, -0.2) is 52.5 Å². The third-order valence-corrected chi connectivity index (χ3v) is 6.80. The number of hydroxylamine groups is 2. The van der Waals surface area contributed by atoms with Gasteiger partial charge in [0.1, 0.15) is 18.7 Å². The minimum absolute atomic E-state index is 0.0956. The van der Waals surface area contributed by atoms with Gasteiger partial charge in [-0.05, 0) is 36.1 Å². The van der Waals surface area contributed by atoms with Crippen LogP contribution in [0.4, 0.5) is 10.5 Å². The Balaban J connectivity index is 1.26. The Labute approximate surface area is 216 Å². The van der Waals surface area contributed by atoms with Crippen molar-refractivity contribution in [2.24, 2.45) is 0 Å². The SMILES string of the molecule is O=C(Nc1ccccc1)[C@@H](Cc1ccccc1)NC(=O)[C@@H]1CC[C@H]2CN1C(=O)N2OCc1ccccc1. The monoisotopic (exact) mass is 498 g/mol. The Morgan fingerprint density at radius 3 is 2.16 bits per heavy atom. The summed E-state index contributed by atoms with van der Waals surface area (Å²) in [6, 6.07) is 26.5. The molecule has 0 spiro atoms. The lowest BCUT2D eigenvalue weighted by Gasteiger charge is -2.30. The number of carbonyl (C=O) groups excluding carboxylic acids is 3. The zero-order valence-corrected chi connectivity index (χ0v) is 20.5. The molecule has 2 N–H and O–H groups in total. The van der Waals surface area contributed by atoms with Gasteiger partial charge >= 0.3 is 6.03 Å². The maximum atomic E-state index is 13.4. The Morgan fingerprint density at radius 2 is 1.49 bits per heavy atom. The summed E-state index contributed by atoms with van der Waals surface area (Å²) in [4.78, 5) is 47.2. The van der Waals surface area contributed by atoms with E-state index in [0.717, 1.165) is 11.1 Å². The summed E-state index contributed by atoms with van der Waals surface area (Å²) in [5.74, 6) is -0.640. The average Bonchev–Trinajstić information content (AvgIpc) is 3.17. The fraction of sp³-hybridized carbons (Fsp3) is 0.276. The molecule has 0 saturated carbocycles. The normalized spacial score (nSPS) is 19.4. The summed E-state index contributed by atoms with van der Waals surface area (Å²) < 4.78 is 0. The lowest BCUT2D eigenvalue weighted by molar-refractivity contribution is -0.140. The summed E-state index contributed by atoms with van der Waals surface area (Å²) >= 11 is 0. The molecule has 3 aromatic carbocycles. The standard InChI is InChI=1S/C29H30N4O4/c34-27(30-23-14-8-3-9-15-23)25(18-21-10-4-1-5-11-21)31-28(35)26-17-16-24-19-32(26)29(36)33(24)37-20-22-12-6-2-7-13-22/h1-15,24-26H,16-20H2,(H,30,34)(H,31,35)/t24-,25+,26-/m0/s1. The van der Waals surface area contributed by atoms with E-state index in [1.54, 1.807) is 17.0 Å². The number of rotatable bonds is 9. The molecule has 0 aliphatic carbocycles. The van der Waals surface area contributed by atoms with Crippen molar-refractivity contribution in [1.29, 1.82) is 0 Å². The number of nitrogens with zero attached hydrogens (tertiary/aromatic N) is 2. The second-order valence-electron chi connectivity index (χ2n) is 9.37. The van der Waals surface area contributed by atoms with E-state index in [1.807, 2.05) is 78.9 Å². The predicted octanol–water partition coefficient (Wildman–Crippen LogP) is 3.75. The number of carbonyl (C=O) groups is 3. The van der Waals surface area contributed by atoms with Gasteiger partial charge in [-0.15, -0.1) is 0 Å². The van der Waals surface area contributed by atoms with Crippen LogP contribution in [0.25, 0.3) is 0 Å². The van der Waals surface area contributed by atoms with Crippen molar-refractivity contribution >= 4 is 23.5 Å². The molecule has 2 aliphatic heterocycles. The second kappa shape index (κ2) is 11.3. The van der Waals surface area contributed by atoms with E-state index >= 15 is 0 Å². The van der Waals surface area contributed by atoms with E-state index in [-0.39, 0.29) is 30.5 Å². The molecule has 190 valence electrons. The number of hydrogen-bond acceptors (Lipinski definition) is 4. The first-order valence-corrected chi connectivity index (χ1v) is 12.6. The van der Waals surface area contributed by atoms with Crippen molar-refractivity contribution < 1.29 is 19.2 Å². The Kier molecular flexibility index (Phi) is 7.46. The van der Waals surface area contributed by atoms with E-state index in [4.69, 9.17) is 4.84 Å². The second-order valence-corrected chi connectivity index (χ2v) is 9.37. The molecule has 0 unspecified atom stereocenters. The van der Waals surface area contributed by atoms with Gasteiger partial charge in [0.2, 0.25) is 11.8 Å². The molecule has 8 heteroatoms. The molecule has 2 saturated heterocycles. The third kappa shape index (κ3) is 5.81. The molecule has 2 heterocycles. The highest BCUT2D eigenvalue weighted by atomic mass is 16.7. The predicted molar refractivity (Wildman–Crippen MR) is 139 cm³/mol. The Morgan fingerprint density at radius 1 is 0.865 bits per heavy atom. The summed E-state index contributed by atoms with van der Waals surface area (Å²) in [6.45, 7) is 0.706. The maximum absolute atomic E-state index is 13.4. The summed E-state index contributed by atoms with van der Waals surface area (Å²) in [5, 5.41) is 7.22. The molecule has 8 nitrogen and oxygen atoms in total. The number of amides is 4. The first kappa shape index (κ1) is 24.5. The number of anilines is 1. The van der Waals surface area contributed by atoms with Crippen LogP contribution in [0.5, 0.6) is 0 Å². The first-order chi connectivity index (χ1) is 18.1. The fourth-order valence-electron chi connectivity index (χ4n) is 4.87. The van der Waals surface area contributed by atoms with Gasteiger partial charge < -0.3 is 15.5 Å². The number of hydrogen-bond donors (Lipinski definition) is 2. The topological polar surface area (TPSA) is 91.0 Å². The van der Waals surface area contributed by atoms with Crippen molar-refractivity contribution in [2.75, 3.05) is 11.9 Å². The van der Waals surface area contributed by atoms with E-state index in [2.05, 4.69) is 10.6 Å². The summed E-state index contributed by atoms with van der Waals surface area (Å²) in [5.41, 5.74) is 2.55. The van der Waals surface area contributed by atoms with E-state index in [0.29, 0.717) is 31.5 Å². The number of piperidine rings is 1. The lowest BCUT2D eigenvalue weighted by Crippen LogP contribution is -2.54. The van der Waals surface area contributed by atoms with Gasteiger partial charge in [-0.2, -0.15) is 5.06 Å². The van der Waals surface area contributed by atoms with Crippen LogP contribution < -0.4 is 10.6 Å². The van der Waals surface area contributed by atoms with Crippen LogP contribution in [-0.2, 0) is 27.5 Å². The van der Waals surface area contributed by atoms with Gasteiger partial charge in [0, 0.05) is 18.7 Å². The summed E-state index contributed by atoms with van der Waals surface area (Å²) in [7, 11) is 0. The van der Waals surface area contributed by atoms with Crippen LogP contribution >= 0.6 is 0 Å². The van der Waals surface area contributed by atoms with Gasteiger partial charge in [0.15, 0.2) is 0 Å². The smallest absolute Gasteiger partial charge is 0.342 e. The minimum atomic E-state index is -0.795. The van der Waals surface area contributed by atoms with Crippen LogP contribution in [0.2, 0.25) is 0 Å². The lowest BCUT2D eigenvalue weighted by atomic mass is 9.99. The molecule has 2 aliphatic rings.